The van der Waals surface area contributed by atoms with Gasteiger partial charge in [-0.3, -0.25) is 4.52 Å². The molecule has 4 heterocycles. The molecule has 19 nitrogen and oxygen atoms in total. The van der Waals surface area contributed by atoms with E-state index in [1.165, 1.54) is 25.8 Å². The summed E-state index contributed by atoms with van der Waals surface area (Å²) in [5.41, 5.74) is 4.91. The van der Waals surface area contributed by atoms with E-state index in [1.807, 2.05) is 0 Å². The van der Waals surface area contributed by atoms with Crippen molar-refractivity contribution in [1.82, 2.24) is 9.97 Å². The fraction of sp³-hybridized carbons (Fsp3) is 0.619. The molecule has 0 aromatic carbocycles. The van der Waals surface area contributed by atoms with Crippen LogP contribution < -0.4 is 5.73 Å². The summed E-state index contributed by atoms with van der Waals surface area (Å²) in [4.78, 5) is 28.7. The molecule has 22 heteroatoms. The van der Waals surface area contributed by atoms with E-state index in [9.17, 15) is 39.9 Å². The molecule has 4 rings (SSSR count). The van der Waals surface area contributed by atoms with Gasteiger partial charge in [0.1, 0.15) is 66.3 Å². The Labute approximate surface area is 247 Å². The molecule has 2 aromatic rings. The number of hydrogen-bond acceptors (Lipinski definition) is 18. The number of anilines is 1. The Balaban J connectivity index is 1.46. The number of aromatic nitrogens is 2. The summed E-state index contributed by atoms with van der Waals surface area (Å²) in [6.45, 7) is -2.64. The second kappa shape index (κ2) is 13.1. The van der Waals surface area contributed by atoms with Gasteiger partial charge in [0.2, 0.25) is 0 Å². The van der Waals surface area contributed by atoms with Crippen LogP contribution in [0.25, 0.3) is 11.1 Å². The van der Waals surface area contributed by atoms with Gasteiger partial charge in [-0.15, -0.1) is 6.58 Å². The van der Waals surface area contributed by atoms with Gasteiger partial charge in [0, 0.05) is 12.7 Å². The Morgan fingerprint density at radius 2 is 1.91 bits per heavy atom. The van der Waals surface area contributed by atoms with E-state index in [0.717, 1.165) is 0 Å². The van der Waals surface area contributed by atoms with Crippen molar-refractivity contribution in [2.45, 2.75) is 60.7 Å². The number of furan rings is 1. The Bertz CT molecular complexity index is 1400. The first-order chi connectivity index (χ1) is 20.1. The summed E-state index contributed by atoms with van der Waals surface area (Å²) in [5, 5.41) is 60.1. The number of nitrogens with two attached hydrogens (primary N) is 1. The smallest absolute Gasteiger partial charge is 0.458 e. The zero-order valence-corrected chi connectivity index (χ0v) is 24.8. The fourth-order valence-corrected chi connectivity index (χ4v) is 7.81. The van der Waals surface area contributed by atoms with Gasteiger partial charge >= 0.3 is 14.5 Å². The number of phosphoric acid groups is 1. The summed E-state index contributed by atoms with van der Waals surface area (Å²) in [5.74, 6) is 0.0435. The highest BCUT2D eigenvalue weighted by atomic mass is 32.5. The lowest BCUT2D eigenvalue weighted by Gasteiger charge is -2.41. The quantitative estimate of drug-likeness (QED) is 0.0844. The van der Waals surface area contributed by atoms with Gasteiger partial charge < -0.3 is 69.3 Å². The third-order valence-electron chi connectivity index (χ3n) is 6.92. The molecule has 0 saturated carbocycles. The van der Waals surface area contributed by atoms with Crippen LogP contribution in [0.5, 0.6) is 0 Å². The Morgan fingerprint density at radius 3 is 2.53 bits per heavy atom. The van der Waals surface area contributed by atoms with Crippen LogP contribution in [-0.4, -0.2) is 125 Å². The monoisotopic (exact) mass is 675 g/mol. The lowest BCUT2D eigenvalue weighted by molar-refractivity contribution is -0.292. The summed E-state index contributed by atoms with van der Waals surface area (Å²) in [6, 6.07) is 0. The Hall–Kier alpha value is -1.52. The maximum atomic E-state index is 12.6. The van der Waals surface area contributed by atoms with Gasteiger partial charge in [-0.1, -0.05) is 6.08 Å². The van der Waals surface area contributed by atoms with Crippen molar-refractivity contribution in [3.8, 4) is 0 Å². The average molecular weight is 675 g/mol. The first-order valence-corrected chi connectivity index (χ1v) is 16.4. The lowest BCUT2D eigenvalue weighted by Crippen LogP contribution is -2.61. The van der Waals surface area contributed by atoms with Crippen molar-refractivity contribution in [1.29, 1.82) is 0 Å². The number of nitrogen functional groups attached to an aromatic ring is 1. The number of phosphoric ester groups is 1. The van der Waals surface area contributed by atoms with Crippen LogP contribution in [0.3, 0.4) is 0 Å². The van der Waals surface area contributed by atoms with Gasteiger partial charge in [0.25, 0.3) is 0 Å². The maximum Gasteiger partial charge on any atom is 0.481 e. The van der Waals surface area contributed by atoms with Gasteiger partial charge in [-0.2, -0.15) is 0 Å². The van der Waals surface area contributed by atoms with E-state index in [1.54, 1.807) is 0 Å². The Kier molecular flexibility index (Phi) is 10.4. The molecule has 10 N–H and O–H groups in total. The molecule has 2 fully saturated rings. The van der Waals surface area contributed by atoms with Crippen molar-refractivity contribution in [2.75, 3.05) is 26.1 Å². The molecule has 2 saturated heterocycles. The highest BCUT2D eigenvalue weighted by Crippen LogP contribution is 2.62. The Morgan fingerprint density at radius 1 is 1.21 bits per heavy atom. The molecule has 0 radical (unpaired) electrons. The van der Waals surface area contributed by atoms with Crippen LogP contribution in [0.4, 0.5) is 5.82 Å². The minimum Gasteiger partial charge on any atom is -0.458 e. The molecule has 2 aliphatic heterocycles. The molecule has 0 spiro atoms. The van der Waals surface area contributed by atoms with Crippen molar-refractivity contribution < 1.29 is 77.0 Å². The minimum atomic E-state index is -5.46. The van der Waals surface area contributed by atoms with Crippen LogP contribution in [0.15, 0.2) is 29.7 Å². The van der Waals surface area contributed by atoms with E-state index >= 15 is 0 Å². The largest absolute Gasteiger partial charge is 0.481 e. The number of methoxy groups -OCH3 is 1. The van der Waals surface area contributed by atoms with Crippen molar-refractivity contribution >= 4 is 43.3 Å². The average Bonchev–Trinajstić information content (AvgIpc) is 3.50. The molecule has 12 atom stereocenters. The molecule has 0 aliphatic carbocycles. The second-order valence-electron chi connectivity index (χ2n) is 9.50. The topological polar surface area (TPSA) is 299 Å². The van der Waals surface area contributed by atoms with E-state index in [4.69, 9.17) is 45.8 Å². The first-order valence-electron chi connectivity index (χ1n) is 12.3. The van der Waals surface area contributed by atoms with Gasteiger partial charge in [0.05, 0.1) is 19.5 Å². The number of nitrogens with zero attached hydrogens (tertiary/aromatic N) is 2. The number of ether oxygens (including phenoxy) is 3. The highest BCUT2D eigenvalue weighted by molar-refractivity contribution is 8.08. The summed E-state index contributed by atoms with van der Waals surface area (Å²) < 4.78 is 49.1. The van der Waals surface area contributed by atoms with Crippen LogP contribution in [0.1, 0.15) is 11.7 Å². The molecular formula is C21H31N3O16P2S. The summed E-state index contributed by atoms with van der Waals surface area (Å²) in [7, 11) is -4.19. The molecule has 242 valence electrons. The van der Waals surface area contributed by atoms with Crippen LogP contribution in [0.2, 0.25) is 0 Å². The number of fused-ring (bicyclic) bond motifs is 1. The van der Waals surface area contributed by atoms with Gasteiger partial charge in [0.15, 0.2) is 17.7 Å². The number of aliphatic hydroxyl groups is 6. The van der Waals surface area contributed by atoms with Crippen LogP contribution in [-0.2, 0) is 43.9 Å². The third-order valence-corrected chi connectivity index (χ3v) is 10.4. The number of rotatable bonds is 12. The van der Waals surface area contributed by atoms with E-state index in [0.29, 0.717) is 5.56 Å². The van der Waals surface area contributed by atoms with Crippen molar-refractivity contribution in [3.05, 3.63) is 30.8 Å². The number of aliphatic hydroxyl groups excluding tert-OH is 6. The van der Waals surface area contributed by atoms with E-state index in [2.05, 4.69) is 25.4 Å². The van der Waals surface area contributed by atoms with Gasteiger partial charge in [-0.05, 0) is 11.8 Å². The highest BCUT2D eigenvalue weighted by Gasteiger charge is 2.57. The summed E-state index contributed by atoms with van der Waals surface area (Å²) >= 11 is 4.80. The standard InChI is InChI=1S/C21H31N3O16P2S/c1-3-21(34-2)17(30)10(37-18(21)8-5-35-16-11(8)23-7-24-19(16)22)6-36-42(33,43)40-41(31,32)39-20-14(29)12(27)13(28)15(38-20)9(26)4-25/h3,5,7,9-10,12-15,17-18,20,25-30H,1,4,6H2,2H3,(H,31,32)(H,33,43)(H2,22,23,24)/t9-,10+,12?,13?,14?,15?,17+,18-,20?,21+,42?/m0/s1. The molecular weight excluding hydrogens is 644 g/mol. The molecule has 0 bridgehead atoms. The first kappa shape index (κ1) is 34.4. The molecule has 0 amide bonds. The second-order valence-corrected chi connectivity index (χ2v) is 13.9. The fourth-order valence-electron chi connectivity index (χ4n) is 4.72. The molecule has 43 heavy (non-hydrogen) atoms. The SMILES string of the molecule is C=C[C@@]1(OC)[C@H](O)[C@@H](COP(O)(=S)OP(=O)(O)OC2OC([C@@H](O)CO)C(O)C(O)C2O)O[C@H]1c1coc2c(N)ncnc12. The maximum absolute atomic E-state index is 12.6. The molecule has 2 aliphatic rings. The molecule has 2 aromatic heterocycles. The lowest BCUT2D eigenvalue weighted by atomic mass is 9.87. The van der Waals surface area contributed by atoms with Crippen LogP contribution >= 0.6 is 14.5 Å². The zero-order valence-electron chi connectivity index (χ0n) is 22.2. The zero-order chi connectivity index (χ0) is 31.9. The number of hydrogen-bond donors (Lipinski definition) is 9. The predicted molar refractivity (Wildman–Crippen MR) is 144 cm³/mol. The summed E-state index contributed by atoms with van der Waals surface area (Å²) in [6.07, 6.45) is -12.1. The molecule has 7 unspecified atom stereocenters. The van der Waals surface area contributed by atoms with E-state index < -0.39 is 88.5 Å². The third kappa shape index (κ3) is 6.71. The minimum absolute atomic E-state index is 0.0435. The predicted octanol–water partition coefficient (Wildman–Crippen LogP) is -2.30. The van der Waals surface area contributed by atoms with Gasteiger partial charge in [-0.25, -0.2) is 18.8 Å². The van der Waals surface area contributed by atoms with E-state index in [-0.39, 0.29) is 16.9 Å². The van der Waals surface area contributed by atoms with Crippen molar-refractivity contribution in [3.63, 3.8) is 0 Å². The normalized spacial score (nSPS) is 36.7. The van der Waals surface area contributed by atoms with Crippen molar-refractivity contribution in [2.24, 2.45) is 0 Å². The van der Waals surface area contributed by atoms with Crippen LogP contribution in [0, 0.1) is 0 Å².